The second kappa shape index (κ2) is 10.1. The Morgan fingerprint density at radius 3 is 2.70 bits per heavy atom. The van der Waals surface area contributed by atoms with Gasteiger partial charge in [-0.05, 0) is 29.3 Å². The third-order valence-corrected chi connectivity index (χ3v) is 4.38. The highest BCUT2D eigenvalue weighted by Crippen LogP contribution is 2.12. The van der Waals surface area contributed by atoms with Gasteiger partial charge in [0.05, 0.1) is 30.3 Å². The highest BCUT2D eigenvalue weighted by molar-refractivity contribution is 5.72. The highest BCUT2D eigenvalue weighted by Gasteiger charge is 2.09. The summed E-state index contributed by atoms with van der Waals surface area (Å²) in [6, 6.07) is 18.0. The number of hydrogen-bond donors (Lipinski definition) is 0. The molecule has 0 N–H and O–H groups in total. The van der Waals surface area contributed by atoms with Crippen LogP contribution in [0.25, 0.3) is 5.69 Å². The summed E-state index contributed by atoms with van der Waals surface area (Å²) in [7, 11) is 1.54. The molecule has 2 aromatic carbocycles. The van der Waals surface area contributed by atoms with Crippen LogP contribution in [0.3, 0.4) is 0 Å². The summed E-state index contributed by atoms with van der Waals surface area (Å²) in [4.78, 5) is 24.2. The van der Waals surface area contributed by atoms with E-state index in [0.29, 0.717) is 30.0 Å². The Morgan fingerprint density at radius 2 is 1.90 bits per heavy atom. The van der Waals surface area contributed by atoms with E-state index in [4.69, 9.17) is 14.7 Å². The third-order valence-electron chi connectivity index (χ3n) is 4.38. The Labute approximate surface area is 174 Å². The normalized spacial score (nSPS) is 10.4. The van der Waals surface area contributed by atoms with Crippen molar-refractivity contribution in [2.24, 2.45) is 0 Å². The van der Waals surface area contributed by atoms with E-state index in [0.717, 1.165) is 11.1 Å². The number of carbonyl (C=O) groups is 1. The van der Waals surface area contributed by atoms with Gasteiger partial charge in [0.15, 0.2) is 0 Å². The zero-order chi connectivity index (χ0) is 21.3. The molecular formula is C23H21N3O4. The molecule has 0 saturated heterocycles. The molecule has 0 unspecified atom stereocenters. The summed E-state index contributed by atoms with van der Waals surface area (Å²) in [5.41, 5.74) is 3.08. The van der Waals surface area contributed by atoms with Gasteiger partial charge in [-0.1, -0.05) is 30.3 Å². The van der Waals surface area contributed by atoms with Gasteiger partial charge in [0.1, 0.15) is 12.3 Å². The molecule has 1 aromatic heterocycles. The lowest BCUT2D eigenvalue weighted by Gasteiger charge is -2.09. The molecule has 0 saturated carbocycles. The van der Waals surface area contributed by atoms with Gasteiger partial charge in [-0.2, -0.15) is 10.4 Å². The Morgan fingerprint density at radius 1 is 1.10 bits per heavy atom. The fourth-order valence-electron chi connectivity index (χ4n) is 2.93. The minimum atomic E-state index is -0.332. The second-order valence-electron chi connectivity index (χ2n) is 6.62. The average molecular weight is 403 g/mol. The number of aromatic nitrogens is 2. The first-order valence-corrected chi connectivity index (χ1v) is 9.41. The van der Waals surface area contributed by atoms with E-state index in [1.807, 2.05) is 30.3 Å². The van der Waals surface area contributed by atoms with Crippen LogP contribution in [0.15, 0.2) is 65.6 Å². The van der Waals surface area contributed by atoms with E-state index in [9.17, 15) is 9.59 Å². The van der Waals surface area contributed by atoms with Crippen LogP contribution in [0.1, 0.15) is 22.4 Å². The number of rotatable bonds is 8. The summed E-state index contributed by atoms with van der Waals surface area (Å²) in [6.45, 7) is 0.574. The molecule has 7 nitrogen and oxygen atoms in total. The molecule has 0 aliphatic heterocycles. The van der Waals surface area contributed by atoms with Crippen LogP contribution in [-0.2, 0) is 27.1 Å². The second-order valence-corrected chi connectivity index (χ2v) is 6.62. The number of methoxy groups -OCH3 is 1. The maximum absolute atomic E-state index is 12.3. The summed E-state index contributed by atoms with van der Waals surface area (Å²) < 4.78 is 11.5. The van der Waals surface area contributed by atoms with Crippen molar-refractivity contribution in [2.45, 2.75) is 12.8 Å². The quantitative estimate of drug-likeness (QED) is 0.424. The molecule has 0 radical (unpaired) electrons. The van der Waals surface area contributed by atoms with Crippen LogP contribution in [-0.4, -0.2) is 36.1 Å². The topological polar surface area (TPSA) is 94.2 Å². The molecule has 1 heterocycles. The monoisotopic (exact) mass is 403 g/mol. The average Bonchev–Trinajstić information content (AvgIpc) is 2.76. The third kappa shape index (κ3) is 5.63. The first-order valence-electron chi connectivity index (χ1n) is 9.41. The molecule has 0 bridgehead atoms. The lowest BCUT2D eigenvalue weighted by molar-refractivity contribution is -0.144. The molecule has 7 heteroatoms. The Kier molecular flexibility index (Phi) is 7.09. The van der Waals surface area contributed by atoms with Crippen LogP contribution >= 0.6 is 0 Å². The van der Waals surface area contributed by atoms with Gasteiger partial charge in [-0.25, -0.2) is 4.68 Å². The number of benzene rings is 2. The summed E-state index contributed by atoms with van der Waals surface area (Å²) >= 11 is 0. The maximum Gasteiger partial charge on any atom is 0.310 e. The summed E-state index contributed by atoms with van der Waals surface area (Å²) in [5.74, 6) is -0.332. The van der Waals surface area contributed by atoms with Crippen molar-refractivity contribution >= 4 is 5.97 Å². The van der Waals surface area contributed by atoms with Crippen molar-refractivity contribution in [1.29, 1.82) is 5.26 Å². The Hall–Kier alpha value is -3.76. The molecule has 0 aliphatic carbocycles. The fourth-order valence-corrected chi connectivity index (χ4v) is 2.93. The number of ether oxygens (including phenoxy) is 2. The van der Waals surface area contributed by atoms with E-state index in [2.05, 4.69) is 11.2 Å². The van der Waals surface area contributed by atoms with E-state index in [1.165, 1.54) is 6.07 Å². The molecule has 3 rings (SSSR count). The standard InChI is InChI=1S/C23H21N3O4/c1-29-10-11-30-23(28)15-18-5-2-4-17(12-18)14-21-22(27)8-9-26(25-21)20-7-3-6-19(13-20)16-24/h2-9,12-13H,10-11,14-15H2,1H3. The SMILES string of the molecule is COCCOC(=O)Cc1cccc(Cc2nn(-c3cccc(C#N)c3)ccc2=O)c1. The van der Waals surface area contributed by atoms with Crippen LogP contribution < -0.4 is 5.43 Å². The van der Waals surface area contributed by atoms with Crippen LogP contribution in [0, 0.1) is 11.3 Å². The number of esters is 1. The predicted octanol–water partition coefficient (Wildman–Crippen LogP) is 2.43. The van der Waals surface area contributed by atoms with Crippen molar-refractivity contribution in [2.75, 3.05) is 20.3 Å². The number of nitriles is 1. The molecule has 3 aromatic rings. The number of carbonyl (C=O) groups excluding carboxylic acids is 1. The minimum Gasteiger partial charge on any atom is -0.463 e. The first kappa shape index (κ1) is 21.0. The molecule has 0 aliphatic rings. The summed E-state index contributed by atoms with van der Waals surface area (Å²) in [6.07, 6.45) is 2.05. The Bertz CT molecular complexity index is 1130. The van der Waals surface area contributed by atoms with Crippen LogP contribution in [0.5, 0.6) is 0 Å². The molecule has 0 fully saturated rings. The van der Waals surface area contributed by atoms with E-state index in [-0.39, 0.29) is 24.4 Å². The molecule has 30 heavy (non-hydrogen) atoms. The van der Waals surface area contributed by atoms with Gasteiger partial charge in [0.2, 0.25) is 5.43 Å². The first-order chi connectivity index (χ1) is 14.6. The minimum absolute atomic E-state index is 0.144. The summed E-state index contributed by atoms with van der Waals surface area (Å²) in [5, 5.41) is 13.5. The van der Waals surface area contributed by atoms with Gasteiger partial charge in [-0.15, -0.1) is 0 Å². The fraction of sp³-hybridized carbons (Fsp3) is 0.217. The van der Waals surface area contributed by atoms with Gasteiger partial charge < -0.3 is 9.47 Å². The lowest BCUT2D eigenvalue weighted by atomic mass is 10.0. The van der Waals surface area contributed by atoms with Gasteiger partial charge >= 0.3 is 5.97 Å². The highest BCUT2D eigenvalue weighted by atomic mass is 16.6. The van der Waals surface area contributed by atoms with E-state index < -0.39 is 0 Å². The molecule has 0 amide bonds. The smallest absolute Gasteiger partial charge is 0.310 e. The largest absolute Gasteiger partial charge is 0.463 e. The molecule has 0 atom stereocenters. The van der Waals surface area contributed by atoms with Crippen molar-refractivity contribution in [3.63, 3.8) is 0 Å². The number of hydrogen-bond acceptors (Lipinski definition) is 6. The number of nitrogens with zero attached hydrogens (tertiary/aromatic N) is 3. The van der Waals surface area contributed by atoms with Crippen LogP contribution in [0.2, 0.25) is 0 Å². The molecule has 0 spiro atoms. The van der Waals surface area contributed by atoms with Crippen molar-refractivity contribution < 1.29 is 14.3 Å². The zero-order valence-electron chi connectivity index (χ0n) is 16.6. The molecular weight excluding hydrogens is 382 g/mol. The Balaban J connectivity index is 1.77. The predicted molar refractivity (Wildman–Crippen MR) is 110 cm³/mol. The van der Waals surface area contributed by atoms with Gasteiger partial charge in [0, 0.05) is 25.8 Å². The van der Waals surface area contributed by atoms with Crippen molar-refractivity contribution in [3.05, 3.63) is 93.4 Å². The molecule has 152 valence electrons. The zero-order valence-corrected chi connectivity index (χ0v) is 16.6. The maximum atomic E-state index is 12.3. The van der Waals surface area contributed by atoms with Gasteiger partial charge in [0.25, 0.3) is 0 Å². The lowest BCUT2D eigenvalue weighted by Crippen LogP contribution is -2.16. The van der Waals surface area contributed by atoms with E-state index in [1.54, 1.807) is 36.2 Å². The van der Waals surface area contributed by atoms with Crippen molar-refractivity contribution in [1.82, 2.24) is 9.78 Å². The van der Waals surface area contributed by atoms with E-state index >= 15 is 0 Å². The van der Waals surface area contributed by atoms with Crippen molar-refractivity contribution in [3.8, 4) is 11.8 Å². The van der Waals surface area contributed by atoms with Crippen LogP contribution in [0.4, 0.5) is 0 Å². The van der Waals surface area contributed by atoms with Gasteiger partial charge in [-0.3, -0.25) is 9.59 Å².